The highest BCUT2D eigenvalue weighted by Crippen LogP contribution is 2.20. The largest absolute Gasteiger partial charge is 0.349 e. The van der Waals surface area contributed by atoms with E-state index in [9.17, 15) is 4.79 Å². The van der Waals surface area contributed by atoms with Crippen LogP contribution in [0.25, 0.3) is 0 Å². The summed E-state index contributed by atoms with van der Waals surface area (Å²) >= 11 is 0. The summed E-state index contributed by atoms with van der Waals surface area (Å²) in [7, 11) is 0. The Morgan fingerprint density at radius 1 is 1.12 bits per heavy atom. The Labute approximate surface area is 144 Å². The maximum atomic E-state index is 12.6. The van der Waals surface area contributed by atoms with Gasteiger partial charge in [0.15, 0.2) is 0 Å². The summed E-state index contributed by atoms with van der Waals surface area (Å²) in [5.41, 5.74) is 2.47. The van der Waals surface area contributed by atoms with Crippen LogP contribution in [0.3, 0.4) is 0 Å². The lowest BCUT2D eigenvalue weighted by Gasteiger charge is -2.32. The van der Waals surface area contributed by atoms with Crippen LogP contribution in [-0.4, -0.2) is 23.9 Å². The van der Waals surface area contributed by atoms with Crippen LogP contribution in [0, 0.1) is 5.92 Å². The molecule has 0 bridgehead atoms. The van der Waals surface area contributed by atoms with E-state index in [1.807, 2.05) is 24.3 Å². The van der Waals surface area contributed by atoms with Crippen molar-refractivity contribution in [3.63, 3.8) is 0 Å². The smallest absolute Gasteiger partial charge is 0.224 e. The fraction of sp³-hybridized carbons (Fsp3) is 0.381. The van der Waals surface area contributed by atoms with E-state index in [2.05, 4.69) is 53.5 Å². The van der Waals surface area contributed by atoms with Gasteiger partial charge in [-0.2, -0.15) is 0 Å². The molecule has 2 aromatic rings. The number of amides is 1. The van der Waals surface area contributed by atoms with Gasteiger partial charge < -0.3 is 5.32 Å². The third kappa shape index (κ3) is 4.45. The van der Waals surface area contributed by atoms with Gasteiger partial charge in [0.25, 0.3) is 0 Å². The maximum absolute atomic E-state index is 12.6. The van der Waals surface area contributed by atoms with Crippen molar-refractivity contribution in [1.29, 1.82) is 0 Å². The van der Waals surface area contributed by atoms with E-state index in [1.165, 1.54) is 5.56 Å². The zero-order chi connectivity index (χ0) is 16.8. The van der Waals surface area contributed by atoms with Crippen molar-refractivity contribution >= 4 is 5.91 Å². The van der Waals surface area contributed by atoms with E-state index in [0.29, 0.717) is 0 Å². The Morgan fingerprint density at radius 2 is 1.79 bits per heavy atom. The average molecular weight is 322 g/mol. The first kappa shape index (κ1) is 16.7. The van der Waals surface area contributed by atoms with E-state index in [0.717, 1.165) is 38.0 Å². The fourth-order valence-corrected chi connectivity index (χ4v) is 3.41. The summed E-state index contributed by atoms with van der Waals surface area (Å²) in [5.74, 6) is 0.276. The number of carbonyl (C=O) groups excluding carboxylic acids is 1. The Balaban J connectivity index is 1.55. The molecule has 2 atom stereocenters. The quantitative estimate of drug-likeness (QED) is 0.908. The van der Waals surface area contributed by atoms with E-state index in [4.69, 9.17) is 0 Å². The second kappa shape index (κ2) is 8.11. The zero-order valence-corrected chi connectivity index (χ0v) is 14.3. The van der Waals surface area contributed by atoms with Gasteiger partial charge >= 0.3 is 0 Å². The number of nitrogens with zero attached hydrogens (tertiary/aromatic N) is 1. The van der Waals surface area contributed by atoms with Crippen molar-refractivity contribution in [2.45, 2.75) is 32.4 Å². The van der Waals surface area contributed by atoms with Gasteiger partial charge in [0, 0.05) is 13.1 Å². The Hall–Kier alpha value is -2.13. The predicted octanol–water partition coefficient (Wildman–Crippen LogP) is 3.78. The van der Waals surface area contributed by atoms with Gasteiger partial charge in [0.05, 0.1) is 12.0 Å². The summed E-state index contributed by atoms with van der Waals surface area (Å²) in [4.78, 5) is 15.0. The second-order valence-electron chi connectivity index (χ2n) is 6.70. The molecule has 1 aliphatic rings. The first-order valence-electron chi connectivity index (χ1n) is 8.84. The molecule has 0 spiro atoms. The molecule has 1 N–H and O–H groups in total. The van der Waals surface area contributed by atoms with Crippen LogP contribution in [0.2, 0.25) is 0 Å². The Morgan fingerprint density at radius 3 is 2.50 bits per heavy atom. The molecule has 3 rings (SSSR count). The van der Waals surface area contributed by atoms with Gasteiger partial charge in [0.2, 0.25) is 5.91 Å². The maximum Gasteiger partial charge on any atom is 0.224 e. The number of piperidine rings is 1. The monoisotopic (exact) mass is 322 g/mol. The van der Waals surface area contributed by atoms with Gasteiger partial charge in [-0.1, -0.05) is 60.7 Å². The molecule has 2 aromatic carbocycles. The lowest BCUT2D eigenvalue weighted by Crippen LogP contribution is -2.43. The molecule has 1 amide bonds. The van der Waals surface area contributed by atoms with Crippen LogP contribution < -0.4 is 5.32 Å². The van der Waals surface area contributed by atoms with Gasteiger partial charge in [-0.25, -0.2) is 0 Å². The minimum atomic E-state index is 0.0585. The standard InChI is InChI=1S/C21H26N2O/c1-17(19-11-6-3-7-12-19)22-21(24)20-13-8-14-23(16-20)15-18-9-4-2-5-10-18/h2-7,9-12,17,20H,8,13-16H2,1H3,(H,22,24). The Bertz CT molecular complexity index is 641. The van der Waals surface area contributed by atoms with Crippen molar-refractivity contribution in [2.75, 3.05) is 13.1 Å². The molecular formula is C21H26N2O. The van der Waals surface area contributed by atoms with Crippen LogP contribution in [-0.2, 0) is 11.3 Å². The third-order valence-electron chi connectivity index (χ3n) is 4.78. The molecule has 0 aromatic heterocycles. The highest BCUT2D eigenvalue weighted by molar-refractivity contribution is 5.79. The molecule has 0 radical (unpaired) electrons. The number of carbonyl (C=O) groups is 1. The van der Waals surface area contributed by atoms with Crippen molar-refractivity contribution in [1.82, 2.24) is 10.2 Å². The van der Waals surface area contributed by atoms with Crippen LogP contribution in [0.4, 0.5) is 0 Å². The van der Waals surface area contributed by atoms with Crippen molar-refractivity contribution < 1.29 is 4.79 Å². The minimum absolute atomic E-state index is 0.0585. The number of benzene rings is 2. The molecule has 1 aliphatic heterocycles. The fourth-order valence-electron chi connectivity index (χ4n) is 3.41. The van der Waals surface area contributed by atoms with Crippen molar-refractivity contribution in [3.8, 4) is 0 Å². The third-order valence-corrected chi connectivity index (χ3v) is 4.78. The van der Waals surface area contributed by atoms with Crippen molar-refractivity contribution in [3.05, 3.63) is 71.8 Å². The lowest BCUT2D eigenvalue weighted by molar-refractivity contribution is -0.127. The summed E-state index contributed by atoms with van der Waals surface area (Å²) in [6, 6.07) is 20.7. The van der Waals surface area contributed by atoms with Crippen LogP contribution in [0.1, 0.15) is 36.9 Å². The molecule has 3 nitrogen and oxygen atoms in total. The van der Waals surface area contributed by atoms with E-state index in [1.54, 1.807) is 0 Å². The zero-order valence-electron chi connectivity index (χ0n) is 14.3. The number of likely N-dealkylation sites (tertiary alicyclic amines) is 1. The summed E-state index contributed by atoms with van der Waals surface area (Å²) < 4.78 is 0. The second-order valence-corrected chi connectivity index (χ2v) is 6.70. The normalized spacial score (nSPS) is 19.6. The summed E-state index contributed by atoms with van der Waals surface area (Å²) in [6.07, 6.45) is 2.07. The first-order valence-corrected chi connectivity index (χ1v) is 8.84. The topological polar surface area (TPSA) is 32.3 Å². The van der Waals surface area contributed by atoms with E-state index >= 15 is 0 Å². The number of rotatable bonds is 5. The number of nitrogens with one attached hydrogen (secondary N) is 1. The highest BCUT2D eigenvalue weighted by Gasteiger charge is 2.26. The predicted molar refractivity (Wildman–Crippen MR) is 97.4 cm³/mol. The molecule has 0 saturated carbocycles. The van der Waals surface area contributed by atoms with Gasteiger partial charge in [-0.05, 0) is 37.4 Å². The van der Waals surface area contributed by atoms with Gasteiger partial charge in [0.1, 0.15) is 0 Å². The minimum Gasteiger partial charge on any atom is -0.349 e. The highest BCUT2D eigenvalue weighted by atomic mass is 16.2. The van der Waals surface area contributed by atoms with Crippen LogP contribution in [0.15, 0.2) is 60.7 Å². The molecule has 1 saturated heterocycles. The molecule has 0 aliphatic carbocycles. The van der Waals surface area contributed by atoms with Gasteiger partial charge in [-0.3, -0.25) is 9.69 Å². The van der Waals surface area contributed by atoms with Crippen LogP contribution in [0.5, 0.6) is 0 Å². The summed E-state index contributed by atoms with van der Waals surface area (Å²) in [5, 5.41) is 3.18. The van der Waals surface area contributed by atoms with Crippen LogP contribution >= 0.6 is 0 Å². The molecule has 1 fully saturated rings. The van der Waals surface area contributed by atoms with Crippen molar-refractivity contribution in [2.24, 2.45) is 5.92 Å². The molecule has 3 heteroatoms. The molecule has 126 valence electrons. The molecule has 24 heavy (non-hydrogen) atoms. The molecule has 2 unspecified atom stereocenters. The van der Waals surface area contributed by atoms with E-state index in [-0.39, 0.29) is 17.9 Å². The molecule has 1 heterocycles. The first-order chi connectivity index (χ1) is 11.7. The Kier molecular flexibility index (Phi) is 5.65. The summed E-state index contributed by atoms with van der Waals surface area (Å²) in [6.45, 7) is 4.91. The lowest BCUT2D eigenvalue weighted by atomic mass is 9.96. The SMILES string of the molecule is CC(NC(=O)C1CCCN(Cc2ccccc2)C1)c1ccccc1. The number of hydrogen-bond donors (Lipinski definition) is 1. The molecular weight excluding hydrogens is 296 g/mol. The average Bonchev–Trinajstić information content (AvgIpc) is 2.63. The van der Waals surface area contributed by atoms with E-state index < -0.39 is 0 Å². The number of hydrogen-bond acceptors (Lipinski definition) is 2. The van der Waals surface area contributed by atoms with Gasteiger partial charge in [-0.15, -0.1) is 0 Å².